The molecule has 0 aromatic heterocycles. The topological polar surface area (TPSA) is 339 Å². The first kappa shape index (κ1) is 59.5. The van der Waals surface area contributed by atoms with Gasteiger partial charge in [-0.15, -0.1) is 0 Å². The minimum Gasteiger partial charge on any atom is -0.508 e. The molecular formula is C50H68F2N12O11. The zero-order valence-corrected chi connectivity index (χ0v) is 42.4. The number of ether oxygens (including phenoxy) is 2. The number of phenolic OH excluding ortho intramolecular Hbond substituents is 1. The molecule has 1 heterocycles. The molecule has 13 N–H and O–H groups in total. The minimum atomic E-state index is -1.26. The third kappa shape index (κ3) is 21.1. The fourth-order valence-corrected chi connectivity index (χ4v) is 7.47. The fourth-order valence-electron chi connectivity index (χ4n) is 7.47. The molecule has 0 saturated heterocycles. The molecule has 1 aliphatic heterocycles. The van der Waals surface area contributed by atoms with Crippen molar-refractivity contribution < 1.29 is 61.7 Å². The highest BCUT2D eigenvalue weighted by Gasteiger charge is 2.34. The van der Waals surface area contributed by atoms with Gasteiger partial charge in [0.05, 0.1) is 13.0 Å². The molecule has 3 atom stereocenters. The number of hydrogen-bond acceptors (Lipinski definition) is 12. The van der Waals surface area contributed by atoms with Crippen LogP contribution in [0.3, 0.4) is 0 Å². The normalized spacial score (nSPS) is 13.4. The Balaban J connectivity index is 1.40. The number of hydrogen-bond donors (Lipinski definition) is 11. The van der Waals surface area contributed by atoms with Crippen LogP contribution in [0.5, 0.6) is 11.5 Å². The van der Waals surface area contributed by atoms with Crippen LogP contribution < -0.4 is 58.7 Å². The zero-order valence-electron chi connectivity index (χ0n) is 42.4. The molecule has 4 rings (SSSR count). The summed E-state index contributed by atoms with van der Waals surface area (Å²) < 4.78 is 40.4. The lowest BCUT2D eigenvalue weighted by molar-refractivity contribution is -0.132. The highest BCUT2D eigenvalue weighted by Crippen LogP contribution is 2.33. The van der Waals surface area contributed by atoms with Crippen LogP contribution in [0.4, 0.5) is 18.4 Å². The Bertz CT molecular complexity index is 2460. The maximum absolute atomic E-state index is 14.7. The van der Waals surface area contributed by atoms with E-state index < -0.39 is 101 Å². The zero-order chi connectivity index (χ0) is 55.1. The first-order valence-corrected chi connectivity index (χ1v) is 24.4. The van der Waals surface area contributed by atoms with Gasteiger partial charge in [-0.3, -0.25) is 33.7 Å². The minimum absolute atomic E-state index is 0.0164. The molecule has 0 saturated carbocycles. The number of primary amides is 1. The number of nitrogens with two attached hydrogens (primary N) is 2. The van der Waals surface area contributed by atoms with Gasteiger partial charge in [-0.2, -0.15) is 4.99 Å². The summed E-state index contributed by atoms with van der Waals surface area (Å²) in [5.41, 5.74) is 12.5. The van der Waals surface area contributed by atoms with Gasteiger partial charge >= 0.3 is 12.1 Å². The molecule has 25 heteroatoms. The van der Waals surface area contributed by atoms with Crippen molar-refractivity contribution in [1.82, 2.24) is 47.4 Å². The number of aromatic hydroxyl groups is 1. The number of carbonyl (C=O) groups excluding carboxylic acids is 8. The summed E-state index contributed by atoms with van der Waals surface area (Å²) in [6, 6.07) is 11.5. The standard InChI is InChI=1S/C50H68F2N12O11/c1-5-41(67)55-21-22-58-48(72)63-47(54)57-18-8-12-38(44(69)60-27-35-36(51)24-33(65)25-37(35)52)62-46(71)43(64-28-31-10-6-7-11-32(31)29-64)30-13-15-34(16-14-30)74-23-9-19-56-45(70)39(26-40(53)66)61-42(68)17-20-59-49(73)75-50(2,3)4/h6-7,10-11,13-16,24-25,38-39,43,65H,5,8-9,12,17-23,26-29H2,1-4H3,(H2,53,66)(H,55,67)(H,56,70)(H,59,73)(H,60,69)(H,61,68)(H,62,71)(H4,54,57,58,63,72)/t38-,39-,43+/m1/s1. The van der Waals surface area contributed by atoms with Crippen molar-refractivity contribution in [2.75, 3.05) is 39.3 Å². The Kier molecular flexibility index (Phi) is 23.4. The summed E-state index contributed by atoms with van der Waals surface area (Å²) in [5.74, 6) is -6.24. The number of benzene rings is 3. The number of amides is 9. The number of fused-ring (bicyclic) bond motifs is 1. The third-order valence-corrected chi connectivity index (χ3v) is 11.1. The summed E-state index contributed by atoms with van der Waals surface area (Å²) in [6.07, 6.45) is -0.614. The summed E-state index contributed by atoms with van der Waals surface area (Å²) in [4.78, 5) is 107. The smallest absolute Gasteiger partial charge is 0.407 e. The van der Waals surface area contributed by atoms with E-state index >= 15 is 0 Å². The Morgan fingerprint density at radius 3 is 1.99 bits per heavy atom. The van der Waals surface area contributed by atoms with E-state index in [2.05, 4.69) is 47.5 Å². The number of nitrogens with zero attached hydrogens (tertiary/aromatic N) is 2. The lowest BCUT2D eigenvalue weighted by Gasteiger charge is -2.29. The molecule has 0 radical (unpaired) electrons. The molecule has 3 aromatic rings. The van der Waals surface area contributed by atoms with Crippen molar-refractivity contribution in [3.05, 3.63) is 94.6 Å². The van der Waals surface area contributed by atoms with Crippen molar-refractivity contribution in [2.24, 2.45) is 16.5 Å². The highest BCUT2D eigenvalue weighted by atomic mass is 19.1. The van der Waals surface area contributed by atoms with E-state index in [4.69, 9.17) is 20.9 Å². The molecule has 1 aliphatic rings. The van der Waals surface area contributed by atoms with E-state index in [0.717, 1.165) is 11.1 Å². The average Bonchev–Trinajstić information content (AvgIpc) is 3.76. The Labute approximate surface area is 433 Å². The molecule has 0 fully saturated rings. The van der Waals surface area contributed by atoms with Crippen LogP contribution in [0, 0.1) is 11.6 Å². The monoisotopic (exact) mass is 1050 g/mol. The molecule has 9 amide bonds. The van der Waals surface area contributed by atoms with Gasteiger partial charge in [0.15, 0.2) is 5.96 Å². The Hall–Kier alpha value is -8.09. The first-order chi connectivity index (χ1) is 35.6. The van der Waals surface area contributed by atoms with E-state index in [-0.39, 0.29) is 76.9 Å². The highest BCUT2D eigenvalue weighted by molar-refractivity contribution is 5.93. The number of nitrogens with one attached hydrogen (secondary N) is 8. The third-order valence-electron chi connectivity index (χ3n) is 11.1. The lowest BCUT2D eigenvalue weighted by Crippen LogP contribution is -2.50. The van der Waals surface area contributed by atoms with E-state index in [1.807, 2.05) is 29.2 Å². The van der Waals surface area contributed by atoms with E-state index in [0.29, 0.717) is 43.0 Å². The molecule has 75 heavy (non-hydrogen) atoms. The predicted molar refractivity (Wildman–Crippen MR) is 270 cm³/mol. The molecule has 408 valence electrons. The molecule has 23 nitrogen and oxygen atoms in total. The van der Waals surface area contributed by atoms with E-state index in [9.17, 15) is 52.2 Å². The number of aliphatic imine (C=N–C) groups is 1. The summed E-state index contributed by atoms with van der Waals surface area (Å²) >= 11 is 0. The van der Waals surface area contributed by atoms with Crippen LogP contribution in [0.2, 0.25) is 0 Å². The van der Waals surface area contributed by atoms with Gasteiger partial charge in [0.1, 0.15) is 46.9 Å². The number of carbonyl (C=O) groups is 8. The summed E-state index contributed by atoms with van der Waals surface area (Å²) in [5, 5.41) is 30.4. The Morgan fingerprint density at radius 2 is 1.36 bits per heavy atom. The van der Waals surface area contributed by atoms with Crippen molar-refractivity contribution in [3.63, 3.8) is 0 Å². The second-order valence-corrected chi connectivity index (χ2v) is 18.3. The first-order valence-electron chi connectivity index (χ1n) is 24.4. The van der Waals surface area contributed by atoms with Crippen molar-refractivity contribution in [3.8, 4) is 11.5 Å². The molecule has 0 spiro atoms. The second-order valence-electron chi connectivity index (χ2n) is 18.3. The number of urea groups is 1. The predicted octanol–water partition coefficient (Wildman–Crippen LogP) is 1.61. The number of guanidine groups is 1. The maximum Gasteiger partial charge on any atom is 0.407 e. The van der Waals surface area contributed by atoms with Crippen LogP contribution >= 0.6 is 0 Å². The summed E-state index contributed by atoms with van der Waals surface area (Å²) in [7, 11) is 0. The molecule has 0 bridgehead atoms. The number of phenols is 1. The average molecular weight is 1050 g/mol. The van der Waals surface area contributed by atoms with Crippen LogP contribution in [0.1, 0.15) is 94.5 Å². The van der Waals surface area contributed by atoms with Gasteiger partial charge in [0, 0.05) is 82.9 Å². The Morgan fingerprint density at radius 1 is 0.733 bits per heavy atom. The van der Waals surface area contributed by atoms with Crippen LogP contribution in [-0.4, -0.2) is 121 Å². The lowest BCUT2D eigenvalue weighted by atomic mass is 10.0. The van der Waals surface area contributed by atoms with E-state index in [1.54, 1.807) is 52.0 Å². The maximum atomic E-state index is 14.7. The molecular weight excluding hydrogens is 983 g/mol. The molecule has 3 aromatic carbocycles. The van der Waals surface area contributed by atoms with Gasteiger partial charge in [-0.05, 0) is 68.9 Å². The second kappa shape index (κ2) is 29.6. The SMILES string of the molecule is CCC(=O)NCCNC(=O)/N=C(/N)NCCC[C@@H](NC(=O)[C@H](c1ccc(OCCCNC(=O)[C@@H](CC(N)=O)NC(=O)CCNC(=O)OC(C)(C)C)cc1)N1Cc2ccccc2C1)C(=O)NCc1c(F)cc(O)cc1F. The fraction of sp³-hybridized carbons (Fsp3) is 0.460. The van der Waals surface area contributed by atoms with Crippen LogP contribution in [-0.2, 0) is 53.1 Å². The van der Waals surface area contributed by atoms with Gasteiger partial charge in [0.25, 0.3) is 0 Å². The summed E-state index contributed by atoms with van der Waals surface area (Å²) in [6.45, 7) is 7.44. The van der Waals surface area contributed by atoms with Crippen molar-refractivity contribution in [1.29, 1.82) is 0 Å². The quantitative estimate of drug-likeness (QED) is 0.0294. The van der Waals surface area contributed by atoms with Crippen LogP contribution in [0.15, 0.2) is 65.7 Å². The van der Waals surface area contributed by atoms with Crippen molar-refractivity contribution >= 4 is 53.5 Å². The van der Waals surface area contributed by atoms with Gasteiger partial charge < -0.3 is 68.6 Å². The van der Waals surface area contributed by atoms with E-state index in [1.165, 1.54) is 0 Å². The van der Waals surface area contributed by atoms with Gasteiger partial charge in [0.2, 0.25) is 35.4 Å². The van der Waals surface area contributed by atoms with Gasteiger partial charge in [-0.25, -0.2) is 18.4 Å². The van der Waals surface area contributed by atoms with Gasteiger partial charge in [-0.1, -0.05) is 43.3 Å². The molecule has 0 unspecified atom stereocenters. The number of halogens is 2. The molecule has 0 aliphatic carbocycles. The number of alkyl carbamates (subject to hydrolysis) is 1. The largest absolute Gasteiger partial charge is 0.508 e. The van der Waals surface area contributed by atoms with Crippen molar-refractivity contribution in [2.45, 2.75) is 110 Å². The number of rotatable bonds is 27. The van der Waals surface area contributed by atoms with Crippen LogP contribution in [0.25, 0.3) is 0 Å².